The van der Waals surface area contributed by atoms with Gasteiger partial charge in [0.05, 0.1) is 32.3 Å². The number of rotatable bonds is 5. The van der Waals surface area contributed by atoms with Crippen molar-refractivity contribution in [2.45, 2.75) is 19.9 Å². The monoisotopic (exact) mass is 419 g/mol. The highest BCUT2D eigenvalue weighted by Gasteiger charge is 2.19. The Kier molecular flexibility index (Phi) is 5.67. The lowest BCUT2D eigenvalue weighted by molar-refractivity contribution is -0.384. The Balaban J connectivity index is 1.86. The zero-order valence-corrected chi connectivity index (χ0v) is 16.4. The third kappa shape index (κ3) is 4.16. The number of halogens is 2. The highest BCUT2D eigenvalue weighted by molar-refractivity contribution is 6.42. The molecule has 1 aromatic heterocycles. The first-order valence-electron chi connectivity index (χ1n) is 8.24. The molecule has 1 atom stereocenters. The van der Waals surface area contributed by atoms with Gasteiger partial charge in [0, 0.05) is 18.2 Å². The topological polar surface area (TPSA) is 87.3 Å². The molecule has 0 spiro atoms. The van der Waals surface area contributed by atoms with E-state index >= 15 is 0 Å². The average molecular weight is 420 g/mol. The van der Waals surface area contributed by atoms with Gasteiger partial charge in [-0.25, -0.2) is 9.48 Å². The summed E-state index contributed by atoms with van der Waals surface area (Å²) in [4.78, 5) is 22.6. The van der Waals surface area contributed by atoms with Gasteiger partial charge in [0.1, 0.15) is 0 Å². The maximum atomic E-state index is 12.4. The van der Waals surface area contributed by atoms with Gasteiger partial charge in [-0.3, -0.25) is 10.1 Å². The molecule has 0 aliphatic rings. The zero-order chi connectivity index (χ0) is 20.4. The summed E-state index contributed by atoms with van der Waals surface area (Å²) in [5.74, 6) is -0.392. The van der Waals surface area contributed by atoms with Gasteiger partial charge in [0.25, 0.3) is 5.69 Å². The van der Waals surface area contributed by atoms with Gasteiger partial charge >= 0.3 is 5.97 Å². The van der Waals surface area contributed by atoms with Gasteiger partial charge in [-0.15, -0.1) is 0 Å². The van der Waals surface area contributed by atoms with E-state index in [0.29, 0.717) is 15.7 Å². The lowest BCUT2D eigenvalue weighted by atomic mass is 10.1. The summed E-state index contributed by atoms with van der Waals surface area (Å²) < 4.78 is 7.05. The smallest absolute Gasteiger partial charge is 0.344 e. The number of hydrogen-bond donors (Lipinski definition) is 0. The molecule has 28 heavy (non-hydrogen) atoms. The van der Waals surface area contributed by atoms with Crippen molar-refractivity contribution in [1.29, 1.82) is 0 Å². The average Bonchev–Trinajstić information content (AvgIpc) is 3.03. The summed E-state index contributed by atoms with van der Waals surface area (Å²) in [5, 5.41) is 16.0. The molecular formula is C19H15Cl2N3O4. The van der Waals surface area contributed by atoms with Gasteiger partial charge in [-0.2, -0.15) is 5.10 Å². The van der Waals surface area contributed by atoms with Crippen molar-refractivity contribution in [3.8, 4) is 5.88 Å². The predicted molar refractivity (Wildman–Crippen MR) is 105 cm³/mol. The van der Waals surface area contributed by atoms with Crippen LogP contribution in [0.25, 0.3) is 0 Å². The molecule has 1 unspecified atom stereocenters. The first-order chi connectivity index (χ1) is 13.3. The number of aryl methyl sites for hydroxylation is 1. The molecular weight excluding hydrogens is 405 g/mol. The Morgan fingerprint density at radius 3 is 2.43 bits per heavy atom. The number of carbonyl (C=O) groups excluding carboxylic acids is 1. The second-order valence-corrected chi connectivity index (χ2v) is 6.93. The van der Waals surface area contributed by atoms with Crippen LogP contribution in [0.5, 0.6) is 5.88 Å². The third-order valence-corrected chi connectivity index (χ3v) is 4.87. The fraction of sp³-hybridized carbons (Fsp3) is 0.158. The van der Waals surface area contributed by atoms with Crippen molar-refractivity contribution in [2.75, 3.05) is 0 Å². The summed E-state index contributed by atoms with van der Waals surface area (Å²) in [6.45, 7) is 3.66. The van der Waals surface area contributed by atoms with Crippen LogP contribution in [-0.4, -0.2) is 20.7 Å². The summed E-state index contributed by atoms with van der Waals surface area (Å²) in [7, 11) is 0. The molecule has 0 radical (unpaired) electrons. The third-order valence-electron chi connectivity index (χ3n) is 4.13. The molecule has 0 amide bonds. The van der Waals surface area contributed by atoms with Crippen molar-refractivity contribution in [3.63, 3.8) is 0 Å². The number of hydrogen-bond acceptors (Lipinski definition) is 5. The molecule has 0 aliphatic carbocycles. The van der Waals surface area contributed by atoms with E-state index in [1.54, 1.807) is 29.8 Å². The second kappa shape index (κ2) is 8.00. The van der Waals surface area contributed by atoms with Crippen molar-refractivity contribution in [2.24, 2.45) is 0 Å². The van der Waals surface area contributed by atoms with Gasteiger partial charge in [0.15, 0.2) is 0 Å². The Morgan fingerprint density at radius 2 is 1.82 bits per heavy atom. The van der Waals surface area contributed by atoms with Crippen LogP contribution in [0.4, 0.5) is 5.69 Å². The maximum absolute atomic E-state index is 12.4. The molecule has 7 nitrogen and oxygen atoms in total. The summed E-state index contributed by atoms with van der Waals surface area (Å²) in [5.41, 5.74) is 1.59. The van der Waals surface area contributed by atoms with E-state index in [4.69, 9.17) is 27.9 Å². The van der Waals surface area contributed by atoms with E-state index in [1.165, 1.54) is 24.3 Å². The minimum absolute atomic E-state index is 0.106. The highest BCUT2D eigenvalue weighted by atomic mass is 35.5. The number of ether oxygens (including phenoxy) is 1. The van der Waals surface area contributed by atoms with Gasteiger partial charge in [-0.05, 0) is 43.7 Å². The van der Waals surface area contributed by atoms with E-state index in [2.05, 4.69) is 5.10 Å². The number of nitro groups is 1. The van der Waals surface area contributed by atoms with Crippen molar-refractivity contribution < 1.29 is 14.5 Å². The minimum atomic E-state index is -0.641. The fourth-order valence-electron chi connectivity index (χ4n) is 2.63. The molecule has 9 heteroatoms. The van der Waals surface area contributed by atoms with Crippen molar-refractivity contribution in [3.05, 3.63) is 85.5 Å². The van der Waals surface area contributed by atoms with Gasteiger partial charge in [-0.1, -0.05) is 29.3 Å². The van der Waals surface area contributed by atoms with E-state index in [-0.39, 0.29) is 23.2 Å². The van der Waals surface area contributed by atoms with Crippen LogP contribution in [0.2, 0.25) is 10.0 Å². The molecule has 144 valence electrons. The number of non-ortho nitro benzene ring substituents is 1. The zero-order valence-electron chi connectivity index (χ0n) is 14.9. The lowest BCUT2D eigenvalue weighted by Crippen LogP contribution is -2.15. The van der Waals surface area contributed by atoms with E-state index in [1.807, 2.05) is 13.0 Å². The first-order valence-corrected chi connectivity index (χ1v) is 8.99. The summed E-state index contributed by atoms with van der Waals surface area (Å²) in [6, 6.07) is 11.8. The molecule has 0 fully saturated rings. The molecule has 0 saturated carbocycles. The molecule has 0 N–H and O–H groups in total. The highest BCUT2D eigenvalue weighted by Crippen LogP contribution is 2.30. The SMILES string of the molecule is Cc1cc(OC(=O)c2ccc([N+](=O)[O-])cc2)n(C(C)c2ccc(Cl)c(Cl)c2)n1. The quantitative estimate of drug-likeness (QED) is 0.320. The van der Waals surface area contributed by atoms with Crippen LogP contribution in [0.3, 0.4) is 0 Å². The number of carbonyl (C=O) groups is 1. The van der Waals surface area contributed by atoms with Crippen molar-refractivity contribution in [1.82, 2.24) is 9.78 Å². The lowest BCUT2D eigenvalue weighted by Gasteiger charge is -2.16. The van der Waals surface area contributed by atoms with Crippen LogP contribution in [-0.2, 0) is 0 Å². The second-order valence-electron chi connectivity index (χ2n) is 6.11. The number of nitrogens with zero attached hydrogens (tertiary/aromatic N) is 3. The van der Waals surface area contributed by atoms with Crippen molar-refractivity contribution >= 4 is 34.9 Å². The Morgan fingerprint density at radius 1 is 1.14 bits per heavy atom. The molecule has 0 aliphatic heterocycles. The normalized spacial score (nSPS) is 11.9. The maximum Gasteiger partial charge on any atom is 0.344 e. The Labute approximate surface area is 170 Å². The largest absolute Gasteiger partial charge is 0.404 e. The molecule has 3 aromatic rings. The van der Waals surface area contributed by atoms with Crippen LogP contribution >= 0.6 is 23.2 Å². The number of nitro benzene ring substituents is 1. The molecule has 0 saturated heterocycles. The summed E-state index contributed by atoms with van der Waals surface area (Å²) in [6.07, 6.45) is 0. The van der Waals surface area contributed by atoms with Crippen LogP contribution < -0.4 is 4.74 Å². The summed E-state index contributed by atoms with van der Waals surface area (Å²) >= 11 is 12.1. The number of esters is 1. The standard InChI is InChI=1S/C19H15Cl2N3O4/c1-11-9-18(28-19(25)13-3-6-15(7-4-13)24(26)27)23(22-11)12(2)14-5-8-16(20)17(21)10-14/h3-10,12H,1-2H3. The van der Waals surface area contributed by atoms with E-state index in [9.17, 15) is 14.9 Å². The first kappa shape index (κ1) is 19.9. The molecule has 1 heterocycles. The fourth-order valence-corrected chi connectivity index (χ4v) is 2.94. The predicted octanol–water partition coefficient (Wildman–Crippen LogP) is 5.24. The molecule has 2 aromatic carbocycles. The molecule has 3 rings (SSSR count). The van der Waals surface area contributed by atoms with E-state index in [0.717, 1.165) is 5.56 Å². The Bertz CT molecular complexity index is 1050. The Hall–Kier alpha value is -2.90. The number of benzene rings is 2. The van der Waals surface area contributed by atoms with Gasteiger partial charge in [0.2, 0.25) is 5.88 Å². The number of aromatic nitrogens is 2. The molecule has 0 bridgehead atoms. The van der Waals surface area contributed by atoms with Crippen LogP contribution in [0.15, 0.2) is 48.5 Å². The minimum Gasteiger partial charge on any atom is -0.404 e. The van der Waals surface area contributed by atoms with Crippen LogP contribution in [0, 0.1) is 17.0 Å². The van der Waals surface area contributed by atoms with E-state index < -0.39 is 10.9 Å². The van der Waals surface area contributed by atoms with Crippen LogP contribution in [0.1, 0.15) is 34.6 Å². The van der Waals surface area contributed by atoms with Gasteiger partial charge < -0.3 is 4.74 Å².